The normalized spacial score (nSPS) is 12.7. The van der Waals surface area contributed by atoms with Gasteiger partial charge in [-0.1, -0.05) is 28.1 Å². The highest BCUT2D eigenvalue weighted by molar-refractivity contribution is 9.09. The molecule has 90 valence electrons. The lowest BCUT2D eigenvalue weighted by Crippen LogP contribution is -1.96. The van der Waals surface area contributed by atoms with Crippen LogP contribution in [0.5, 0.6) is 0 Å². The molecule has 2 rings (SSSR count). The lowest BCUT2D eigenvalue weighted by molar-refractivity contribution is 0.579. The lowest BCUT2D eigenvalue weighted by Gasteiger charge is -2.01. The second-order valence-corrected chi connectivity index (χ2v) is 4.70. The van der Waals surface area contributed by atoms with Crippen LogP contribution in [-0.2, 0) is 0 Å². The van der Waals surface area contributed by atoms with Crippen molar-refractivity contribution in [2.45, 2.75) is 18.2 Å². The molecule has 0 bridgehead atoms. The number of aromatic nitrogens is 3. The Balaban J connectivity index is 2.36. The molecule has 0 amide bonds. The monoisotopic (exact) mass is 301 g/mol. The van der Waals surface area contributed by atoms with Crippen LogP contribution in [0.2, 0.25) is 0 Å². The first-order valence-electron chi connectivity index (χ1n) is 5.13. The van der Waals surface area contributed by atoms with Crippen molar-refractivity contribution < 1.29 is 8.78 Å². The predicted molar refractivity (Wildman–Crippen MR) is 63.2 cm³/mol. The van der Waals surface area contributed by atoms with E-state index < -0.39 is 11.6 Å². The van der Waals surface area contributed by atoms with E-state index in [-0.39, 0.29) is 4.83 Å². The fourth-order valence-corrected chi connectivity index (χ4v) is 1.64. The van der Waals surface area contributed by atoms with Gasteiger partial charge in [0, 0.05) is 6.07 Å². The average molecular weight is 302 g/mol. The Bertz CT molecular complexity index is 507. The molecule has 0 saturated heterocycles. The number of hydrogen-bond acceptors (Lipinski definition) is 2. The number of rotatable bonds is 3. The third kappa shape index (κ3) is 2.69. The van der Waals surface area contributed by atoms with Crippen LogP contribution >= 0.6 is 15.9 Å². The van der Waals surface area contributed by atoms with E-state index in [4.69, 9.17) is 0 Å². The summed E-state index contributed by atoms with van der Waals surface area (Å²) in [4.78, 5) is 0.0923. The lowest BCUT2D eigenvalue weighted by atomic mass is 10.2. The fourth-order valence-electron chi connectivity index (χ4n) is 1.43. The first-order valence-corrected chi connectivity index (χ1v) is 6.04. The van der Waals surface area contributed by atoms with Gasteiger partial charge in [0.1, 0.15) is 11.6 Å². The summed E-state index contributed by atoms with van der Waals surface area (Å²) < 4.78 is 27.4. The summed E-state index contributed by atoms with van der Waals surface area (Å²) in [6.45, 7) is 2.00. The molecule has 0 N–H and O–H groups in total. The average Bonchev–Trinajstić information content (AvgIpc) is 2.76. The minimum Gasteiger partial charge on any atom is -0.220 e. The van der Waals surface area contributed by atoms with Gasteiger partial charge in [-0.05, 0) is 18.6 Å². The zero-order valence-corrected chi connectivity index (χ0v) is 10.7. The van der Waals surface area contributed by atoms with Crippen molar-refractivity contribution in [3.8, 4) is 5.69 Å². The Labute approximate surface area is 106 Å². The van der Waals surface area contributed by atoms with Gasteiger partial charge >= 0.3 is 0 Å². The van der Waals surface area contributed by atoms with Crippen molar-refractivity contribution in [1.82, 2.24) is 15.0 Å². The van der Waals surface area contributed by atoms with Gasteiger partial charge in [0.05, 0.1) is 22.4 Å². The maximum Gasteiger partial charge on any atom is 0.128 e. The largest absolute Gasteiger partial charge is 0.220 e. The van der Waals surface area contributed by atoms with Crippen LogP contribution in [0.15, 0.2) is 24.4 Å². The van der Waals surface area contributed by atoms with E-state index in [0.717, 1.165) is 18.2 Å². The molecule has 1 aromatic carbocycles. The SMILES string of the molecule is CCC(Br)c1cn(-c2cc(F)cc(F)c2)nn1. The van der Waals surface area contributed by atoms with Crippen LogP contribution in [0, 0.1) is 11.6 Å². The quantitative estimate of drug-likeness (QED) is 0.814. The topological polar surface area (TPSA) is 30.7 Å². The second kappa shape index (κ2) is 4.91. The van der Waals surface area contributed by atoms with Crippen molar-refractivity contribution in [3.63, 3.8) is 0 Å². The molecule has 0 spiro atoms. The van der Waals surface area contributed by atoms with Crippen molar-refractivity contribution in [2.24, 2.45) is 0 Å². The van der Waals surface area contributed by atoms with Gasteiger partial charge in [-0.15, -0.1) is 5.10 Å². The molecular weight excluding hydrogens is 292 g/mol. The van der Waals surface area contributed by atoms with E-state index in [9.17, 15) is 8.78 Å². The van der Waals surface area contributed by atoms with Crippen LogP contribution in [-0.4, -0.2) is 15.0 Å². The molecule has 3 nitrogen and oxygen atoms in total. The number of alkyl halides is 1. The zero-order chi connectivity index (χ0) is 12.4. The van der Waals surface area contributed by atoms with Crippen LogP contribution in [0.25, 0.3) is 5.69 Å². The first kappa shape index (κ1) is 12.2. The van der Waals surface area contributed by atoms with Crippen LogP contribution in [0.3, 0.4) is 0 Å². The van der Waals surface area contributed by atoms with Crippen molar-refractivity contribution in [1.29, 1.82) is 0 Å². The van der Waals surface area contributed by atoms with E-state index >= 15 is 0 Å². The molecule has 0 saturated carbocycles. The van der Waals surface area contributed by atoms with E-state index in [1.165, 1.54) is 16.8 Å². The van der Waals surface area contributed by atoms with Crippen LogP contribution in [0.1, 0.15) is 23.9 Å². The standard InChI is InChI=1S/C11H10BrF2N3/c1-2-10(12)11-6-17(16-15-11)9-4-7(13)3-8(14)5-9/h3-6,10H,2H2,1H3. The molecule has 1 heterocycles. The molecule has 0 radical (unpaired) electrons. The van der Waals surface area contributed by atoms with Crippen molar-refractivity contribution in [3.05, 3.63) is 41.7 Å². The number of hydrogen-bond donors (Lipinski definition) is 0. The van der Waals surface area contributed by atoms with E-state index in [2.05, 4.69) is 26.2 Å². The van der Waals surface area contributed by atoms with Crippen LogP contribution < -0.4 is 0 Å². The van der Waals surface area contributed by atoms with E-state index in [1.807, 2.05) is 6.92 Å². The van der Waals surface area contributed by atoms with Gasteiger partial charge in [-0.25, -0.2) is 13.5 Å². The van der Waals surface area contributed by atoms with E-state index in [1.54, 1.807) is 6.20 Å². The van der Waals surface area contributed by atoms with Gasteiger partial charge in [-0.3, -0.25) is 0 Å². The fraction of sp³-hybridized carbons (Fsp3) is 0.273. The molecule has 17 heavy (non-hydrogen) atoms. The molecule has 1 unspecified atom stereocenters. The molecule has 0 fully saturated rings. The zero-order valence-electron chi connectivity index (χ0n) is 9.07. The second-order valence-electron chi connectivity index (χ2n) is 3.59. The summed E-state index contributed by atoms with van der Waals surface area (Å²) in [5, 5.41) is 7.78. The maximum atomic E-state index is 13.0. The Morgan fingerprint density at radius 2 is 1.94 bits per heavy atom. The minimum atomic E-state index is -0.636. The molecule has 6 heteroatoms. The predicted octanol–water partition coefficient (Wildman–Crippen LogP) is 3.39. The summed E-state index contributed by atoms with van der Waals surface area (Å²) >= 11 is 3.44. The number of benzene rings is 1. The maximum absolute atomic E-state index is 13.0. The van der Waals surface area contributed by atoms with Gasteiger partial charge in [-0.2, -0.15) is 0 Å². The Kier molecular flexibility index (Phi) is 3.51. The smallest absolute Gasteiger partial charge is 0.128 e. The molecule has 2 aromatic rings. The number of nitrogens with zero attached hydrogens (tertiary/aromatic N) is 3. The Morgan fingerprint density at radius 1 is 1.29 bits per heavy atom. The van der Waals surface area contributed by atoms with Crippen molar-refractivity contribution >= 4 is 15.9 Å². The molecule has 1 atom stereocenters. The molecule has 0 aliphatic carbocycles. The molecule has 1 aromatic heterocycles. The number of halogens is 3. The highest BCUT2D eigenvalue weighted by atomic mass is 79.9. The summed E-state index contributed by atoms with van der Waals surface area (Å²) in [7, 11) is 0. The van der Waals surface area contributed by atoms with Gasteiger partial charge in [0.15, 0.2) is 0 Å². The molecular formula is C11H10BrF2N3. The first-order chi connectivity index (χ1) is 8.10. The van der Waals surface area contributed by atoms with Crippen LogP contribution in [0.4, 0.5) is 8.78 Å². The van der Waals surface area contributed by atoms with Gasteiger partial charge in [0.25, 0.3) is 0 Å². The van der Waals surface area contributed by atoms with E-state index in [0.29, 0.717) is 5.69 Å². The summed E-state index contributed by atoms with van der Waals surface area (Å²) in [5.74, 6) is -1.27. The third-order valence-corrected chi connectivity index (χ3v) is 3.42. The summed E-state index contributed by atoms with van der Waals surface area (Å²) in [6.07, 6.45) is 2.51. The van der Waals surface area contributed by atoms with Gasteiger partial charge in [0.2, 0.25) is 0 Å². The molecule has 0 aliphatic rings. The Morgan fingerprint density at radius 3 is 2.53 bits per heavy atom. The third-order valence-electron chi connectivity index (χ3n) is 2.30. The van der Waals surface area contributed by atoms with Crippen molar-refractivity contribution in [2.75, 3.05) is 0 Å². The summed E-state index contributed by atoms with van der Waals surface area (Å²) in [5.41, 5.74) is 1.05. The molecule has 0 aliphatic heterocycles. The Hall–Kier alpha value is -1.30. The summed E-state index contributed by atoms with van der Waals surface area (Å²) in [6, 6.07) is 3.23. The highest BCUT2D eigenvalue weighted by Gasteiger charge is 2.11. The minimum absolute atomic E-state index is 0.0923. The highest BCUT2D eigenvalue weighted by Crippen LogP contribution is 2.24. The van der Waals surface area contributed by atoms with Gasteiger partial charge < -0.3 is 0 Å².